The molecule has 1 aromatic heterocycles. The lowest BCUT2D eigenvalue weighted by Crippen LogP contribution is -1.96. The van der Waals surface area contributed by atoms with E-state index in [-0.39, 0.29) is 5.76 Å². The topological polar surface area (TPSA) is 30.2 Å². The van der Waals surface area contributed by atoms with Crippen molar-refractivity contribution >= 4 is 11.6 Å². The lowest BCUT2D eigenvalue weighted by molar-refractivity contribution is 0.499. The molecule has 78 valence electrons. The average molecular weight is 231 g/mol. The first-order chi connectivity index (χ1) is 7.74. The first kappa shape index (κ1) is 10.5. The summed E-state index contributed by atoms with van der Waals surface area (Å²) in [5.41, 5.74) is 0.356. The molecule has 0 aliphatic rings. The van der Waals surface area contributed by atoms with E-state index in [9.17, 15) is 4.79 Å². The lowest BCUT2D eigenvalue weighted by Gasteiger charge is -1.90. The molecule has 0 aliphatic heterocycles. The Hall–Kier alpha value is -1.98. The van der Waals surface area contributed by atoms with Gasteiger partial charge >= 0.3 is 5.63 Å². The normalized spacial score (nSPS) is 9.31. The van der Waals surface area contributed by atoms with E-state index in [1.54, 1.807) is 0 Å². The van der Waals surface area contributed by atoms with E-state index in [4.69, 9.17) is 16.0 Å². The van der Waals surface area contributed by atoms with Crippen LogP contribution in [0, 0.1) is 11.8 Å². The second-order valence-electron chi connectivity index (χ2n) is 3.07. The lowest BCUT2D eigenvalue weighted by atomic mass is 10.2. The van der Waals surface area contributed by atoms with Crippen molar-refractivity contribution in [3.05, 3.63) is 69.2 Å². The molecular weight excluding hydrogens is 224 g/mol. The maximum atomic E-state index is 11.0. The van der Waals surface area contributed by atoms with Crippen molar-refractivity contribution in [1.29, 1.82) is 0 Å². The maximum absolute atomic E-state index is 11.0. The van der Waals surface area contributed by atoms with Crippen molar-refractivity contribution in [1.82, 2.24) is 0 Å². The van der Waals surface area contributed by atoms with Gasteiger partial charge in [-0.2, -0.15) is 0 Å². The van der Waals surface area contributed by atoms with Crippen molar-refractivity contribution in [2.24, 2.45) is 0 Å². The second-order valence-corrected chi connectivity index (χ2v) is 3.51. The van der Waals surface area contributed by atoms with Gasteiger partial charge in [0.25, 0.3) is 0 Å². The molecular formula is C13H7ClO2. The molecule has 2 aromatic rings. The largest absolute Gasteiger partial charge is 0.414 e. The van der Waals surface area contributed by atoms with Gasteiger partial charge in [0.1, 0.15) is 0 Å². The molecule has 0 unspecified atom stereocenters. The molecule has 0 spiro atoms. The fraction of sp³-hybridized carbons (Fsp3) is 0. The number of rotatable bonds is 0. The van der Waals surface area contributed by atoms with Crippen LogP contribution in [-0.4, -0.2) is 0 Å². The van der Waals surface area contributed by atoms with E-state index in [2.05, 4.69) is 11.8 Å². The first-order valence-electron chi connectivity index (χ1n) is 4.62. The smallest absolute Gasteiger partial charge is 0.338 e. The standard InChI is InChI=1S/C13H7ClO2/c14-11-8-12(16-13(15)9-11)7-6-10-4-2-1-3-5-10/h1-5,8-9H. The third kappa shape index (κ3) is 2.75. The number of halogens is 1. The minimum atomic E-state index is -0.495. The van der Waals surface area contributed by atoms with Gasteiger partial charge in [-0.05, 0) is 18.1 Å². The molecule has 1 heterocycles. The zero-order valence-electron chi connectivity index (χ0n) is 8.24. The van der Waals surface area contributed by atoms with E-state index < -0.39 is 5.63 Å². The molecule has 0 amide bonds. The highest BCUT2D eigenvalue weighted by Crippen LogP contribution is 2.06. The predicted octanol–water partition coefficient (Wildman–Crippen LogP) is 2.69. The van der Waals surface area contributed by atoms with Gasteiger partial charge in [-0.1, -0.05) is 35.7 Å². The molecule has 2 nitrogen and oxygen atoms in total. The Morgan fingerprint density at radius 2 is 1.81 bits per heavy atom. The van der Waals surface area contributed by atoms with Gasteiger partial charge < -0.3 is 4.42 Å². The Labute approximate surface area is 97.5 Å². The maximum Gasteiger partial charge on any atom is 0.338 e. The van der Waals surface area contributed by atoms with E-state index >= 15 is 0 Å². The Morgan fingerprint density at radius 3 is 2.50 bits per heavy atom. The van der Waals surface area contributed by atoms with E-state index in [0.717, 1.165) is 5.56 Å². The molecule has 16 heavy (non-hydrogen) atoms. The monoisotopic (exact) mass is 230 g/mol. The molecule has 0 aliphatic carbocycles. The summed E-state index contributed by atoms with van der Waals surface area (Å²) in [6, 6.07) is 12.1. The molecule has 0 N–H and O–H groups in total. The van der Waals surface area contributed by atoms with Gasteiger partial charge in [0, 0.05) is 17.7 Å². The number of hydrogen-bond donors (Lipinski definition) is 0. The molecule has 0 atom stereocenters. The highest BCUT2D eigenvalue weighted by molar-refractivity contribution is 6.30. The molecule has 3 heteroatoms. The molecule has 2 rings (SSSR count). The predicted molar refractivity (Wildman–Crippen MR) is 62.4 cm³/mol. The molecule has 0 saturated heterocycles. The Bertz CT molecular complexity index is 603. The first-order valence-corrected chi connectivity index (χ1v) is 4.99. The van der Waals surface area contributed by atoms with Crippen LogP contribution in [0.4, 0.5) is 0 Å². The van der Waals surface area contributed by atoms with Gasteiger partial charge in [-0.15, -0.1) is 0 Å². The van der Waals surface area contributed by atoms with Gasteiger partial charge in [0.2, 0.25) is 0 Å². The van der Waals surface area contributed by atoms with E-state index in [1.807, 2.05) is 30.3 Å². The fourth-order valence-corrected chi connectivity index (χ4v) is 1.35. The summed E-state index contributed by atoms with van der Waals surface area (Å²) < 4.78 is 4.87. The van der Waals surface area contributed by atoms with Crippen molar-refractivity contribution in [3.63, 3.8) is 0 Å². The summed E-state index contributed by atoms with van der Waals surface area (Å²) in [7, 11) is 0. The van der Waals surface area contributed by atoms with E-state index in [0.29, 0.717) is 5.02 Å². The van der Waals surface area contributed by atoms with Crippen molar-refractivity contribution in [2.45, 2.75) is 0 Å². The number of hydrogen-bond acceptors (Lipinski definition) is 2. The second kappa shape index (κ2) is 4.69. The summed E-state index contributed by atoms with van der Waals surface area (Å²) in [5.74, 6) is 5.88. The third-order valence-corrected chi connectivity index (χ3v) is 2.06. The van der Waals surface area contributed by atoms with Crippen molar-refractivity contribution in [3.8, 4) is 11.8 Å². The fourth-order valence-electron chi connectivity index (χ4n) is 1.16. The Morgan fingerprint density at radius 1 is 1.06 bits per heavy atom. The zero-order chi connectivity index (χ0) is 11.4. The quantitative estimate of drug-likeness (QED) is 0.652. The molecule has 0 saturated carbocycles. The summed E-state index contributed by atoms with van der Waals surface area (Å²) in [4.78, 5) is 11.0. The van der Waals surface area contributed by atoms with Crippen LogP contribution < -0.4 is 5.63 Å². The minimum Gasteiger partial charge on any atom is -0.414 e. The molecule has 0 radical (unpaired) electrons. The van der Waals surface area contributed by atoms with Crippen LogP contribution in [0.1, 0.15) is 11.3 Å². The van der Waals surface area contributed by atoms with E-state index in [1.165, 1.54) is 12.1 Å². The molecule has 0 bridgehead atoms. The highest BCUT2D eigenvalue weighted by atomic mass is 35.5. The third-order valence-electron chi connectivity index (χ3n) is 1.84. The Balaban J connectivity index is 2.35. The van der Waals surface area contributed by atoms with Gasteiger partial charge in [0.05, 0.1) is 5.02 Å². The van der Waals surface area contributed by atoms with Crippen LogP contribution in [0.25, 0.3) is 0 Å². The van der Waals surface area contributed by atoms with Gasteiger partial charge in [0.15, 0.2) is 5.76 Å². The van der Waals surface area contributed by atoms with Crippen molar-refractivity contribution in [2.75, 3.05) is 0 Å². The van der Waals surface area contributed by atoms with Crippen LogP contribution in [0.5, 0.6) is 0 Å². The highest BCUT2D eigenvalue weighted by Gasteiger charge is 1.95. The van der Waals surface area contributed by atoms with Gasteiger partial charge in [-0.25, -0.2) is 4.79 Å². The molecule has 0 fully saturated rings. The van der Waals surface area contributed by atoms with Crippen LogP contribution in [0.15, 0.2) is 51.7 Å². The Kier molecular flexibility index (Phi) is 3.09. The zero-order valence-corrected chi connectivity index (χ0v) is 8.99. The summed E-state index contributed by atoms with van der Waals surface area (Å²) >= 11 is 5.70. The average Bonchev–Trinajstić information content (AvgIpc) is 2.27. The van der Waals surface area contributed by atoms with Gasteiger partial charge in [-0.3, -0.25) is 0 Å². The summed E-state index contributed by atoms with van der Waals surface area (Å²) in [6.07, 6.45) is 0. The van der Waals surface area contributed by atoms with Crippen LogP contribution in [0.2, 0.25) is 5.02 Å². The van der Waals surface area contributed by atoms with Crippen LogP contribution in [-0.2, 0) is 0 Å². The number of benzene rings is 1. The summed E-state index contributed by atoms with van der Waals surface area (Å²) in [6.45, 7) is 0. The summed E-state index contributed by atoms with van der Waals surface area (Å²) in [5, 5.41) is 0.327. The SMILES string of the molecule is O=c1cc(Cl)cc(C#Cc2ccccc2)o1. The van der Waals surface area contributed by atoms with Crippen molar-refractivity contribution < 1.29 is 4.42 Å². The van der Waals surface area contributed by atoms with Crippen LogP contribution in [0.3, 0.4) is 0 Å². The minimum absolute atomic E-state index is 0.265. The molecule has 1 aromatic carbocycles. The van der Waals surface area contributed by atoms with Crippen LogP contribution >= 0.6 is 11.6 Å².